The molecule has 0 aromatic heterocycles. The molecule has 2 aliphatic rings. The second-order valence-electron chi connectivity index (χ2n) is 5.38. The molecule has 0 atom stereocenters. The summed E-state index contributed by atoms with van der Waals surface area (Å²) in [5, 5.41) is 12.2. The third kappa shape index (κ3) is 2.28. The molecule has 0 spiro atoms. The first kappa shape index (κ1) is 14.9. The van der Waals surface area contributed by atoms with Crippen LogP contribution in [-0.4, -0.2) is 11.7 Å². The van der Waals surface area contributed by atoms with E-state index in [9.17, 15) is 13.6 Å². The van der Waals surface area contributed by atoms with Crippen molar-refractivity contribution in [1.29, 1.82) is 5.41 Å². The Kier molecular flexibility index (Phi) is 3.38. The van der Waals surface area contributed by atoms with Crippen LogP contribution >= 0.6 is 11.8 Å². The number of hydrogen-bond donors (Lipinski definition) is 2. The Bertz CT molecular complexity index is 899. The molecular formula is C17H11F2N3OS. The summed E-state index contributed by atoms with van der Waals surface area (Å²) >= 11 is 1.44. The van der Waals surface area contributed by atoms with Crippen molar-refractivity contribution >= 4 is 34.9 Å². The minimum Gasteiger partial charge on any atom is -0.349 e. The molecule has 0 aliphatic carbocycles. The van der Waals surface area contributed by atoms with Crippen LogP contribution in [-0.2, 0) is 4.79 Å². The molecular weight excluding hydrogens is 332 g/mol. The fourth-order valence-electron chi connectivity index (χ4n) is 2.73. The molecule has 1 amide bonds. The number of halogens is 2. The number of hydrogen-bond acceptors (Lipinski definition) is 4. The van der Waals surface area contributed by atoms with Gasteiger partial charge in [0.05, 0.1) is 22.8 Å². The molecule has 4 nitrogen and oxygen atoms in total. The summed E-state index contributed by atoms with van der Waals surface area (Å²) in [6.07, 6.45) is -0.00102. The first-order valence-corrected chi connectivity index (χ1v) is 8.00. The van der Waals surface area contributed by atoms with Crippen molar-refractivity contribution in [3.8, 4) is 0 Å². The SMILES string of the molecule is N=C1C(=C2Nc3ccccc3S2)CC(=O)N1c1ccc(F)cc1F. The number of thioether (sulfide) groups is 1. The first-order valence-electron chi connectivity index (χ1n) is 7.18. The van der Waals surface area contributed by atoms with E-state index in [2.05, 4.69) is 5.32 Å². The minimum atomic E-state index is -0.866. The van der Waals surface area contributed by atoms with E-state index in [4.69, 9.17) is 5.41 Å². The van der Waals surface area contributed by atoms with Crippen molar-refractivity contribution in [2.24, 2.45) is 0 Å². The maximum absolute atomic E-state index is 14.0. The second-order valence-corrected chi connectivity index (χ2v) is 6.43. The van der Waals surface area contributed by atoms with E-state index in [1.807, 2.05) is 24.3 Å². The molecule has 24 heavy (non-hydrogen) atoms. The molecule has 0 saturated carbocycles. The molecule has 2 aromatic rings. The highest BCUT2D eigenvalue weighted by Crippen LogP contribution is 2.44. The Morgan fingerprint density at radius 3 is 2.71 bits per heavy atom. The van der Waals surface area contributed by atoms with Gasteiger partial charge < -0.3 is 5.32 Å². The summed E-state index contributed by atoms with van der Waals surface area (Å²) < 4.78 is 27.1. The lowest BCUT2D eigenvalue weighted by molar-refractivity contribution is -0.116. The summed E-state index contributed by atoms with van der Waals surface area (Å²) in [4.78, 5) is 14.3. The number of carbonyl (C=O) groups excluding carboxylic acids is 1. The van der Waals surface area contributed by atoms with Crippen molar-refractivity contribution in [3.05, 3.63) is 64.7 Å². The van der Waals surface area contributed by atoms with Gasteiger partial charge in [-0.05, 0) is 24.3 Å². The predicted molar refractivity (Wildman–Crippen MR) is 89.1 cm³/mol. The van der Waals surface area contributed by atoms with Crippen LogP contribution in [0.5, 0.6) is 0 Å². The number of nitrogens with zero attached hydrogens (tertiary/aromatic N) is 1. The van der Waals surface area contributed by atoms with Crippen LogP contribution in [0.1, 0.15) is 6.42 Å². The van der Waals surface area contributed by atoms with Crippen LogP contribution in [0.2, 0.25) is 0 Å². The van der Waals surface area contributed by atoms with Crippen molar-refractivity contribution in [1.82, 2.24) is 0 Å². The zero-order valence-corrected chi connectivity index (χ0v) is 13.1. The highest BCUT2D eigenvalue weighted by atomic mass is 32.2. The largest absolute Gasteiger partial charge is 0.349 e. The van der Waals surface area contributed by atoms with Crippen LogP contribution < -0.4 is 10.2 Å². The summed E-state index contributed by atoms with van der Waals surface area (Å²) in [6.45, 7) is 0. The van der Waals surface area contributed by atoms with E-state index in [0.29, 0.717) is 16.7 Å². The Morgan fingerprint density at radius 2 is 1.96 bits per heavy atom. The van der Waals surface area contributed by atoms with Crippen molar-refractivity contribution in [3.63, 3.8) is 0 Å². The Morgan fingerprint density at radius 1 is 1.17 bits per heavy atom. The molecule has 0 radical (unpaired) electrons. The summed E-state index contributed by atoms with van der Waals surface area (Å²) in [5.74, 6) is -2.09. The highest BCUT2D eigenvalue weighted by Gasteiger charge is 2.37. The van der Waals surface area contributed by atoms with Crippen LogP contribution in [0, 0.1) is 17.0 Å². The van der Waals surface area contributed by atoms with E-state index in [-0.39, 0.29) is 17.9 Å². The Hall–Kier alpha value is -2.67. The molecule has 2 heterocycles. The topological polar surface area (TPSA) is 56.2 Å². The molecule has 120 valence electrons. The predicted octanol–water partition coefficient (Wildman–Crippen LogP) is 4.11. The van der Waals surface area contributed by atoms with Crippen LogP contribution in [0.25, 0.3) is 0 Å². The van der Waals surface area contributed by atoms with Crippen molar-refractivity contribution in [2.45, 2.75) is 11.3 Å². The van der Waals surface area contributed by atoms with Crippen LogP contribution in [0.3, 0.4) is 0 Å². The zero-order chi connectivity index (χ0) is 16.8. The van der Waals surface area contributed by atoms with E-state index in [1.54, 1.807) is 0 Å². The lowest BCUT2D eigenvalue weighted by atomic mass is 10.2. The monoisotopic (exact) mass is 343 g/mol. The fourth-order valence-corrected chi connectivity index (χ4v) is 3.78. The molecule has 2 aliphatic heterocycles. The number of amides is 1. The number of para-hydroxylation sites is 1. The molecule has 0 unspecified atom stereocenters. The number of fused-ring (bicyclic) bond motifs is 1. The molecule has 2 aromatic carbocycles. The van der Waals surface area contributed by atoms with Gasteiger partial charge in [0.2, 0.25) is 5.91 Å². The van der Waals surface area contributed by atoms with Gasteiger partial charge in [-0.1, -0.05) is 23.9 Å². The number of anilines is 2. The van der Waals surface area contributed by atoms with Gasteiger partial charge in [0, 0.05) is 16.5 Å². The summed E-state index contributed by atoms with van der Waals surface area (Å²) in [6, 6.07) is 10.6. The molecule has 1 fully saturated rings. The van der Waals surface area contributed by atoms with Gasteiger partial charge in [-0.3, -0.25) is 15.1 Å². The van der Waals surface area contributed by atoms with E-state index < -0.39 is 17.5 Å². The number of nitrogens with one attached hydrogen (secondary N) is 2. The average Bonchev–Trinajstić information content (AvgIpc) is 3.09. The Labute approximate surface area is 140 Å². The van der Waals surface area contributed by atoms with Gasteiger partial charge in [0.25, 0.3) is 0 Å². The van der Waals surface area contributed by atoms with Crippen LogP contribution in [0.4, 0.5) is 20.2 Å². The quantitative estimate of drug-likeness (QED) is 0.819. The second kappa shape index (κ2) is 5.45. The molecule has 0 bridgehead atoms. The van der Waals surface area contributed by atoms with Crippen molar-refractivity contribution in [2.75, 3.05) is 10.2 Å². The third-order valence-corrected chi connectivity index (χ3v) is 4.99. The van der Waals surface area contributed by atoms with E-state index in [1.165, 1.54) is 17.8 Å². The summed E-state index contributed by atoms with van der Waals surface area (Å²) in [5.41, 5.74) is 1.31. The number of amidine groups is 1. The fraction of sp³-hybridized carbons (Fsp3) is 0.0588. The first-order chi connectivity index (χ1) is 11.5. The van der Waals surface area contributed by atoms with Crippen molar-refractivity contribution < 1.29 is 13.6 Å². The zero-order valence-electron chi connectivity index (χ0n) is 12.3. The van der Waals surface area contributed by atoms with Gasteiger partial charge in [0.15, 0.2) is 0 Å². The molecule has 7 heteroatoms. The maximum atomic E-state index is 14.0. The highest BCUT2D eigenvalue weighted by molar-refractivity contribution is 8.03. The normalized spacial score (nSPS) is 19.7. The molecule has 4 rings (SSSR count). The van der Waals surface area contributed by atoms with E-state index >= 15 is 0 Å². The van der Waals surface area contributed by atoms with Crippen LogP contribution in [0.15, 0.2) is 58.0 Å². The molecule has 2 N–H and O–H groups in total. The standard InChI is InChI=1S/C17H11F2N3OS/c18-9-5-6-13(11(19)7-9)22-15(23)8-10(16(22)20)17-21-12-3-1-2-4-14(12)24-17/h1-7,20-21H,8H2. The lowest BCUT2D eigenvalue weighted by Crippen LogP contribution is -2.29. The number of benzene rings is 2. The minimum absolute atomic E-state index is 0.00102. The number of carbonyl (C=O) groups is 1. The summed E-state index contributed by atoms with van der Waals surface area (Å²) in [7, 11) is 0. The average molecular weight is 343 g/mol. The third-order valence-electron chi connectivity index (χ3n) is 3.86. The smallest absolute Gasteiger partial charge is 0.237 e. The van der Waals surface area contributed by atoms with Gasteiger partial charge in [0.1, 0.15) is 17.5 Å². The van der Waals surface area contributed by atoms with Gasteiger partial charge >= 0.3 is 0 Å². The van der Waals surface area contributed by atoms with E-state index in [0.717, 1.165) is 21.5 Å². The maximum Gasteiger partial charge on any atom is 0.237 e. The van der Waals surface area contributed by atoms with Gasteiger partial charge in [-0.25, -0.2) is 8.78 Å². The van der Waals surface area contributed by atoms with Gasteiger partial charge in [-0.2, -0.15) is 0 Å². The van der Waals surface area contributed by atoms with Gasteiger partial charge in [-0.15, -0.1) is 0 Å². The molecule has 1 saturated heterocycles. The number of rotatable bonds is 1. The lowest BCUT2D eigenvalue weighted by Gasteiger charge is -2.16. The Balaban J connectivity index is 1.71.